The first kappa shape index (κ1) is 17.7. The molecule has 4 aromatic rings. The van der Waals surface area contributed by atoms with E-state index in [-0.39, 0.29) is 6.61 Å². The minimum absolute atomic E-state index is 0.0218. The van der Waals surface area contributed by atoms with Crippen molar-refractivity contribution in [3.63, 3.8) is 0 Å². The highest BCUT2D eigenvalue weighted by molar-refractivity contribution is 5.64. The maximum atomic E-state index is 14.3. The summed E-state index contributed by atoms with van der Waals surface area (Å²) < 4.78 is 17.8. The van der Waals surface area contributed by atoms with Crippen LogP contribution in [0.25, 0.3) is 16.9 Å². The van der Waals surface area contributed by atoms with Crippen LogP contribution in [0.5, 0.6) is 0 Å². The van der Waals surface area contributed by atoms with Crippen LogP contribution >= 0.6 is 0 Å². The summed E-state index contributed by atoms with van der Waals surface area (Å²) in [5, 5.41) is 17.5. The summed E-state index contributed by atoms with van der Waals surface area (Å²) in [6.07, 6.45) is 9.28. The number of anilines is 1. The highest BCUT2D eigenvalue weighted by Gasteiger charge is 2.17. The molecule has 5 rings (SSSR count). The SMILES string of the molecule is OCc1ccc2nc(Cn3cc(-c4cc(N5CCCC5)cnc4F)nn3)cn2c1. The molecule has 1 fully saturated rings. The van der Waals surface area contributed by atoms with E-state index >= 15 is 0 Å². The number of nitrogens with zero attached hydrogens (tertiary/aromatic N) is 7. The van der Waals surface area contributed by atoms with E-state index in [0.717, 1.165) is 48.5 Å². The molecular weight excluding hydrogens is 373 g/mol. The topological polar surface area (TPSA) is 84.4 Å². The zero-order valence-electron chi connectivity index (χ0n) is 15.7. The summed E-state index contributed by atoms with van der Waals surface area (Å²) in [7, 11) is 0. The van der Waals surface area contributed by atoms with Crippen LogP contribution < -0.4 is 4.90 Å². The van der Waals surface area contributed by atoms with E-state index in [4.69, 9.17) is 0 Å². The lowest BCUT2D eigenvalue weighted by atomic mass is 10.2. The van der Waals surface area contributed by atoms with Gasteiger partial charge in [0.15, 0.2) is 0 Å². The van der Waals surface area contributed by atoms with Crippen LogP contribution in [0.2, 0.25) is 0 Å². The van der Waals surface area contributed by atoms with Gasteiger partial charge in [-0.25, -0.2) is 14.6 Å². The second kappa shape index (κ2) is 7.25. The van der Waals surface area contributed by atoms with E-state index in [1.54, 1.807) is 23.1 Å². The number of aliphatic hydroxyl groups excluding tert-OH is 1. The highest BCUT2D eigenvalue weighted by Crippen LogP contribution is 2.26. The molecule has 1 N–H and O–H groups in total. The molecule has 5 heterocycles. The number of aromatic nitrogens is 6. The molecule has 148 valence electrons. The number of hydrogen-bond acceptors (Lipinski definition) is 6. The third-order valence-corrected chi connectivity index (χ3v) is 5.18. The van der Waals surface area contributed by atoms with E-state index in [1.807, 2.05) is 28.9 Å². The van der Waals surface area contributed by atoms with Crippen LogP contribution in [0.3, 0.4) is 0 Å². The molecule has 29 heavy (non-hydrogen) atoms. The summed E-state index contributed by atoms with van der Waals surface area (Å²) in [6.45, 7) is 2.31. The van der Waals surface area contributed by atoms with Gasteiger partial charge in [-0.05, 0) is 30.5 Å². The third-order valence-electron chi connectivity index (χ3n) is 5.18. The van der Waals surface area contributed by atoms with Gasteiger partial charge in [0.05, 0.1) is 42.5 Å². The van der Waals surface area contributed by atoms with Crippen LogP contribution in [0.15, 0.2) is 43.0 Å². The van der Waals surface area contributed by atoms with Gasteiger partial charge < -0.3 is 14.4 Å². The molecule has 0 aromatic carbocycles. The number of aliphatic hydroxyl groups is 1. The lowest BCUT2D eigenvalue weighted by Gasteiger charge is -2.17. The smallest absolute Gasteiger partial charge is 0.222 e. The molecular formula is C20H20FN7O. The van der Waals surface area contributed by atoms with Gasteiger partial charge in [-0.1, -0.05) is 11.3 Å². The molecule has 0 amide bonds. The maximum Gasteiger partial charge on any atom is 0.222 e. The third kappa shape index (κ3) is 3.44. The number of hydrogen-bond donors (Lipinski definition) is 1. The first-order valence-corrected chi connectivity index (χ1v) is 9.58. The maximum absolute atomic E-state index is 14.3. The van der Waals surface area contributed by atoms with Gasteiger partial charge in [-0.2, -0.15) is 4.39 Å². The van der Waals surface area contributed by atoms with Crippen molar-refractivity contribution in [3.8, 4) is 11.3 Å². The van der Waals surface area contributed by atoms with Crippen molar-refractivity contribution >= 4 is 11.3 Å². The normalized spacial score (nSPS) is 14.2. The van der Waals surface area contributed by atoms with Crippen molar-refractivity contribution in [2.24, 2.45) is 0 Å². The van der Waals surface area contributed by atoms with E-state index in [0.29, 0.717) is 17.8 Å². The first-order valence-electron chi connectivity index (χ1n) is 9.58. The molecule has 9 heteroatoms. The van der Waals surface area contributed by atoms with Crippen molar-refractivity contribution in [3.05, 3.63) is 60.2 Å². The molecule has 0 bridgehead atoms. The second-order valence-electron chi connectivity index (χ2n) is 7.22. The van der Waals surface area contributed by atoms with Crippen LogP contribution in [-0.2, 0) is 13.2 Å². The Bertz CT molecular complexity index is 1160. The molecule has 4 aromatic heterocycles. The van der Waals surface area contributed by atoms with Gasteiger partial charge in [0.25, 0.3) is 0 Å². The Morgan fingerprint density at radius 1 is 1.10 bits per heavy atom. The van der Waals surface area contributed by atoms with Gasteiger partial charge in [-0.15, -0.1) is 5.10 Å². The number of halogens is 1. The predicted octanol–water partition coefficient (Wildman–Crippen LogP) is 2.27. The van der Waals surface area contributed by atoms with Crippen molar-refractivity contribution in [2.75, 3.05) is 18.0 Å². The van der Waals surface area contributed by atoms with Crippen LogP contribution in [0.1, 0.15) is 24.1 Å². The van der Waals surface area contributed by atoms with Gasteiger partial charge in [-0.3, -0.25) is 0 Å². The minimum Gasteiger partial charge on any atom is -0.392 e. The van der Waals surface area contributed by atoms with Gasteiger partial charge in [0.1, 0.15) is 11.3 Å². The lowest BCUT2D eigenvalue weighted by Crippen LogP contribution is -2.18. The van der Waals surface area contributed by atoms with E-state index in [2.05, 4.69) is 25.2 Å². The molecule has 0 atom stereocenters. The van der Waals surface area contributed by atoms with Gasteiger partial charge in [0, 0.05) is 25.5 Å². The summed E-state index contributed by atoms with van der Waals surface area (Å²) in [6, 6.07) is 5.49. The number of pyridine rings is 2. The largest absolute Gasteiger partial charge is 0.392 e. The lowest BCUT2D eigenvalue weighted by molar-refractivity contribution is 0.281. The molecule has 0 spiro atoms. The van der Waals surface area contributed by atoms with Crippen LogP contribution in [0, 0.1) is 5.95 Å². The van der Waals surface area contributed by atoms with Crippen molar-refractivity contribution in [1.29, 1.82) is 0 Å². The molecule has 0 radical (unpaired) electrons. The monoisotopic (exact) mass is 393 g/mol. The van der Waals surface area contributed by atoms with Gasteiger partial charge in [0.2, 0.25) is 5.95 Å². The standard InChI is InChI=1S/C20H20FN7O/c21-20-17(7-16(8-22-20)26-5-1-2-6-26)18-12-28(25-24-18)11-15-10-27-9-14(13-29)3-4-19(27)23-15/h3-4,7-10,12,29H,1-2,5-6,11,13H2. The first-order chi connectivity index (χ1) is 14.2. The molecule has 1 saturated heterocycles. The Labute approximate surface area is 166 Å². The summed E-state index contributed by atoms with van der Waals surface area (Å²) >= 11 is 0. The zero-order chi connectivity index (χ0) is 19.8. The second-order valence-corrected chi connectivity index (χ2v) is 7.22. The number of fused-ring (bicyclic) bond motifs is 1. The molecule has 1 aliphatic heterocycles. The molecule has 0 aliphatic carbocycles. The zero-order valence-corrected chi connectivity index (χ0v) is 15.7. The molecule has 0 saturated carbocycles. The Morgan fingerprint density at radius 3 is 2.79 bits per heavy atom. The highest BCUT2D eigenvalue weighted by atomic mass is 19.1. The summed E-state index contributed by atoms with van der Waals surface area (Å²) in [5.74, 6) is -0.552. The fraction of sp³-hybridized carbons (Fsp3) is 0.300. The Morgan fingerprint density at radius 2 is 1.97 bits per heavy atom. The average molecular weight is 393 g/mol. The van der Waals surface area contributed by atoms with Gasteiger partial charge >= 0.3 is 0 Å². The van der Waals surface area contributed by atoms with Crippen LogP contribution in [-0.4, -0.2) is 47.6 Å². The predicted molar refractivity (Wildman–Crippen MR) is 105 cm³/mol. The Balaban J connectivity index is 1.40. The summed E-state index contributed by atoms with van der Waals surface area (Å²) in [5.41, 5.74) is 4.09. The van der Waals surface area contributed by atoms with E-state index in [9.17, 15) is 9.50 Å². The molecule has 8 nitrogen and oxygen atoms in total. The minimum atomic E-state index is -0.552. The summed E-state index contributed by atoms with van der Waals surface area (Å²) in [4.78, 5) is 10.7. The fourth-order valence-electron chi connectivity index (χ4n) is 3.69. The average Bonchev–Trinajstić information content (AvgIpc) is 3.48. The fourth-order valence-corrected chi connectivity index (χ4v) is 3.69. The quantitative estimate of drug-likeness (QED) is 0.524. The van der Waals surface area contributed by atoms with E-state index < -0.39 is 5.95 Å². The van der Waals surface area contributed by atoms with Crippen molar-refractivity contribution in [1.82, 2.24) is 29.4 Å². The van der Waals surface area contributed by atoms with E-state index in [1.165, 1.54) is 0 Å². The van der Waals surface area contributed by atoms with Crippen molar-refractivity contribution in [2.45, 2.75) is 26.0 Å². The molecule has 1 aliphatic rings. The van der Waals surface area contributed by atoms with Crippen LogP contribution in [0.4, 0.5) is 10.1 Å². The van der Waals surface area contributed by atoms with Crippen molar-refractivity contribution < 1.29 is 9.50 Å². The number of imidazole rings is 1. The Kier molecular flexibility index (Phi) is 4.44. The number of rotatable bonds is 5. The Hall–Kier alpha value is -3.33. The molecule has 0 unspecified atom stereocenters.